The van der Waals surface area contributed by atoms with Gasteiger partial charge in [0.05, 0.1) is 17.3 Å². The number of benzene rings is 1. The first kappa shape index (κ1) is 18.6. The average Bonchev–Trinajstić information content (AvgIpc) is 3.43. The second kappa shape index (κ2) is 7.58. The van der Waals surface area contributed by atoms with E-state index in [0.29, 0.717) is 17.9 Å². The van der Waals surface area contributed by atoms with Crippen LogP contribution in [0.5, 0.6) is 0 Å². The molecule has 26 heavy (non-hydrogen) atoms. The van der Waals surface area contributed by atoms with Crippen molar-refractivity contribution in [2.75, 3.05) is 0 Å². The van der Waals surface area contributed by atoms with Crippen molar-refractivity contribution >= 4 is 5.91 Å². The molecule has 1 aliphatic rings. The summed E-state index contributed by atoms with van der Waals surface area (Å²) in [6.45, 7) is 5.65. The number of carbonyl (C=O) groups is 1. The van der Waals surface area contributed by atoms with Crippen molar-refractivity contribution < 1.29 is 9.90 Å². The fraction of sp³-hybridized carbons (Fsp3) is 0.455. The molecule has 1 aromatic carbocycles. The van der Waals surface area contributed by atoms with E-state index in [-0.39, 0.29) is 11.9 Å². The van der Waals surface area contributed by atoms with Crippen molar-refractivity contribution in [1.82, 2.24) is 10.3 Å². The maximum atomic E-state index is 12.8. The van der Waals surface area contributed by atoms with Crippen molar-refractivity contribution in [3.05, 3.63) is 65.0 Å². The Morgan fingerprint density at radius 2 is 2.08 bits per heavy atom. The van der Waals surface area contributed by atoms with Gasteiger partial charge in [-0.25, -0.2) is 0 Å². The second-order valence-corrected chi connectivity index (χ2v) is 8.01. The summed E-state index contributed by atoms with van der Waals surface area (Å²) in [6.07, 6.45) is 5.46. The number of aryl methyl sites for hydroxylation is 2. The fourth-order valence-electron chi connectivity index (χ4n) is 3.21. The van der Waals surface area contributed by atoms with E-state index in [1.54, 1.807) is 20.0 Å². The molecule has 0 radical (unpaired) electrons. The normalized spacial score (nSPS) is 15.5. The molecule has 4 nitrogen and oxygen atoms in total. The van der Waals surface area contributed by atoms with Crippen LogP contribution in [0, 0.1) is 12.8 Å². The number of nitrogens with one attached hydrogen (secondary N) is 1. The molecule has 2 aromatic rings. The lowest BCUT2D eigenvalue weighted by Gasteiger charge is -2.20. The molecule has 138 valence electrons. The van der Waals surface area contributed by atoms with Gasteiger partial charge in [0, 0.05) is 11.8 Å². The Balaban J connectivity index is 1.73. The fourth-order valence-corrected chi connectivity index (χ4v) is 3.21. The Labute approximate surface area is 155 Å². The van der Waals surface area contributed by atoms with Crippen LogP contribution in [-0.4, -0.2) is 21.6 Å². The van der Waals surface area contributed by atoms with Crippen LogP contribution in [0.25, 0.3) is 0 Å². The predicted octanol–water partition coefficient (Wildman–Crippen LogP) is 3.97. The molecule has 2 N–H and O–H groups in total. The van der Waals surface area contributed by atoms with E-state index in [1.807, 2.05) is 43.3 Å². The molecule has 0 spiro atoms. The van der Waals surface area contributed by atoms with E-state index in [2.05, 4.69) is 10.3 Å². The zero-order valence-electron chi connectivity index (χ0n) is 15.8. The lowest BCUT2D eigenvalue weighted by molar-refractivity contribution is 0.0714. The van der Waals surface area contributed by atoms with Crippen LogP contribution in [0.15, 0.2) is 42.6 Å². The molecule has 0 aliphatic heterocycles. The van der Waals surface area contributed by atoms with Gasteiger partial charge in [-0.15, -0.1) is 0 Å². The van der Waals surface area contributed by atoms with Gasteiger partial charge in [-0.1, -0.05) is 18.2 Å². The maximum absolute atomic E-state index is 12.8. The standard InChI is InChI=1S/C22H28N2O2/c1-15-6-5-13-23-19(15)20(17-9-10-17)24-21(25)18-8-4-7-16(14-18)11-12-22(2,3)26/h4-8,13-14,17,20,26H,9-12H2,1-3H3,(H,24,25). The van der Waals surface area contributed by atoms with Gasteiger partial charge in [-0.05, 0) is 81.7 Å². The van der Waals surface area contributed by atoms with Gasteiger partial charge in [0.1, 0.15) is 0 Å². The average molecular weight is 352 g/mol. The molecule has 1 aromatic heterocycles. The maximum Gasteiger partial charge on any atom is 0.251 e. The number of aromatic nitrogens is 1. The third kappa shape index (κ3) is 4.92. The number of amides is 1. The first-order valence-electron chi connectivity index (χ1n) is 9.37. The molecule has 0 saturated heterocycles. The van der Waals surface area contributed by atoms with E-state index in [0.717, 1.165) is 36.1 Å². The van der Waals surface area contributed by atoms with Crippen molar-refractivity contribution in [1.29, 1.82) is 0 Å². The number of aliphatic hydroxyl groups is 1. The smallest absolute Gasteiger partial charge is 0.251 e. The minimum atomic E-state index is -0.703. The minimum Gasteiger partial charge on any atom is -0.390 e. The molecular weight excluding hydrogens is 324 g/mol. The lowest BCUT2D eigenvalue weighted by atomic mass is 9.97. The Hall–Kier alpha value is -2.20. The van der Waals surface area contributed by atoms with Crippen molar-refractivity contribution in [2.24, 2.45) is 5.92 Å². The molecule has 1 aliphatic carbocycles. The first-order valence-corrected chi connectivity index (χ1v) is 9.37. The Kier molecular flexibility index (Phi) is 5.42. The van der Waals surface area contributed by atoms with E-state index >= 15 is 0 Å². The largest absolute Gasteiger partial charge is 0.390 e. The number of pyridine rings is 1. The molecule has 1 fully saturated rings. The van der Waals surface area contributed by atoms with Gasteiger partial charge in [-0.2, -0.15) is 0 Å². The summed E-state index contributed by atoms with van der Waals surface area (Å²) in [5.74, 6) is 0.419. The predicted molar refractivity (Wildman–Crippen MR) is 103 cm³/mol. The second-order valence-electron chi connectivity index (χ2n) is 8.01. The van der Waals surface area contributed by atoms with Crippen LogP contribution in [0.3, 0.4) is 0 Å². The summed E-state index contributed by atoms with van der Waals surface area (Å²) in [5.41, 5.74) is 3.12. The van der Waals surface area contributed by atoms with Crippen LogP contribution in [-0.2, 0) is 6.42 Å². The van der Waals surface area contributed by atoms with Gasteiger partial charge >= 0.3 is 0 Å². The van der Waals surface area contributed by atoms with Crippen molar-refractivity contribution in [2.45, 2.75) is 58.1 Å². The Morgan fingerprint density at radius 1 is 1.31 bits per heavy atom. The molecular formula is C22H28N2O2. The summed E-state index contributed by atoms with van der Waals surface area (Å²) in [7, 11) is 0. The van der Waals surface area contributed by atoms with E-state index < -0.39 is 5.60 Å². The van der Waals surface area contributed by atoms with Crippen LogP contribution in [0.1, 0.15) is 66.3 Å². The van der Waals surface area contributed by atoms with Crippen molar-refractivity contribution in [3.8, 4) is 0 Å². The number of hydrogen-bond acceptors (Lipinski definition) is 3. The highest BCUT2D eigenvalue weighted by Crippen LogP contribution is 2.41. The third-order valence-corrected chi connectivity index (χ3v) is 4.94. The van der Waals surface area contributed by atoms with Crippen LogP contribution < -0.4 is 5.32 Å². The van der Waals surface area contributed by atoms with Gasteiger partial charge in [0.2, 0.25) is 0 Å². The Morgan fingerprint density at radius 3 is 2.73 bits per heavy atom. The van der Waals surface area contributed by atoms with Crippen LogP contribution >= 0.6 is 0 Å². The highest BCUT2D eigenvalue weighted by Gasteiger charge is 2.35. The molecule has 4 heteroatoms. The zero-order chi connectivity index (χ0) is 18.7. The first-order chi connectivity index (χ1) is 12.3. The molecule has 1 saturated carbocycles. The zero-order valence-corrected chi connectivity index (χ0v) is 15.8. The molecule has 0 bridgehead atoms. The number of rotatable bonds is 7. The summed E-state index contributed by atoms with van der Waals surface area (Å²) < 4.78 is 0. The van der Waals surface area contributed by atoms with E-state index in [1.165, 1.54) is 0 Å². The molecule has 1 amide bonds. The highest BCUT2D eigenvalue weighted by atomic mass is 16.3. The Bertz CT molecular complexity index is 776. The van der Waals surface area contributed by atoms with Gasteiger partial charge in [-0.3, -0.25) is 9.78 Å². The summed E-state index contributed by atoms with van der Waals surface area (Å²) in [4.78, 5) is 17.4. The summed E-state index contributed by atoms with van der Waals surface area (Å²) in [5, 5.41) is 13.1. The number of nitrogens with zero attached hydrogens (tertiary/aromatic N) is 1. The van der Waals surface area contributed by atoms with E-state index in [4.69, 9.17) is 0 Å². The summed E-state index contributed by atoms with van der Waals surface area (Å²) >= 11 is 0. The monoisotopic (exact) mass is 352 g/mol. The third-order valence-electron chi connectivity index (χ3n) is 4.94. The molecule has 1 heterocycles. The van der Waals surface area contributed by atoms with Gasteiger partial charge in [0.25, 0.3) is 5.91 Å². The van der Waals surface area contributed by atoms with Gasteiger partial charge in [0.15, 0.2) is 0 Å². The molecule has 1 unspecified atom stereocenters. The van der Waals surface area contributed by atoms with Crippen LogP contribution in [0.2, 0.25) is 0 Å². The summed E-state index contributed by atoms with van der Waals surface area (Å²) in [6, 6.07) is 11.6. The topological polar surface area (TPSA) is 62.2 Å². The SMILES string of the molecule is Cc1cccnc1C(NC(=O)c1cccc(CCC(C)(C)O)c1)C1CC1. The van der Waals surface area contributed by atoms with Gasteiger partial charge < -0.3 is 10.4 Å². The molecule has 3 rings (SSSR count). The van der Waals surface area contributed by atoms with E-state index in [9.17, 15) is 9.90 Å². The highest BCUT2D eigenvalue weighted by molar-refractivity contribution is 5.94. The van der Waals surface area contributed by atoms with Crippen molar-refractivity contribution in [3.63, 3.8) is 0 Å². The van der Waals surface area contributed by atoms with Crippen LogP contribution in [0.4, 0.5) is 0 Å². The lowest BCUT2D eigenvalue weighted by Crippen LogP contribution is -2.31. The quantitative estimate of drug-likeness (QED) is 0.792. The number of carbonyl (C=O) groups excluding carboxylic acids is 1. The molecule has 1 atom stereocenters. The minimum absolute atomic E-state index is 0.0243. The number of hydrogen-bond donors (Lipinski definition) is 2.